The van der Waals surface area contributed by atoms with E-state index in [0.29, 0.717) is 18.7 Å². The molecule has 0 spiro atoms. The molecular weight excluding hydrogens is 599 g/mol. The zero-order valence-corrected chi connectivity index (χ0v) is 25.9. The van der Waals surface area contributed by atoms with Gasteiger partial charge in [-0.3, -0.25) is 19.6 Å². The molecule has 13 heteroatoms. The molecule has 0 unspecified atom stereocenters. The van der Waals surface area contributed by atoms with Gasteiger partial charge >= 0.3 is 0 Å². The lowest BCUT2D eigenvalue weighted by Gasteiger charge is -2.47. The van der Waals surface area contributed by atoms with Gasteiger partial charge in [-0.15, -0.1) is 5.10 Å². The normalized spacial score (nSPS) is 20.6. The number of rotatable bonds is 7. The first-order valence-corrected chi connectivity index (χ1v) is 15.7. The molecule has 4 heterocycles. The molecule has 0 aliphatic carbocycles. The maximum atomic E-state index is 14.3. The molecule has 12 nitrogen and oxygen atoms in total. The summed E-state index contributed by atoms with van der Waals surface area (Å²) in [6, 6.07) is 16.7. The highest BCUT2D eigenvalue weighted by atomic mass is 19.1. The molecule has 2 aliphatic heterocycles. The second kappa shape index (κ2) is 13.2. The van der Waals surface area contributed by atoms with E-state index in [1.807, 2.05) is 43.3 Å². The van der Waals surface area contributed by atoms with E-state index < -0.39 is 6.04 Å². The number of nitrogens with one attached hydrogen (secondary N) is 3. The molecule has 7 rings (SSSR count). The molecule has 3 aromatic carbocycles. The number of hydrogen-bond donors (Lipinski definition) is 3. The van der Waals surface area contributed by atoms with Gasteiger partial charge in [-0.2, -0.15) is 9.78 Å². The summed E-state index contributed by atoms with van der Waals surface area (Å²) in [5, 5.41) is 25.9. The third-order valence-corrected chi connectivity index (χ3v) is 9.06. The topological polar surface area (TPSA) is 137 Å². The quantitative estimate of drug-likeness (QED) is 0.232. The van der Waals surface area contributed by atoms with Crippen LogP contribution < -0.4 is 10.6 Å². The van der Waals surface area contributed by atoms with E-state index in [2.05, 4.69) is 41.3 Å². The Balaban J connectivity index is 1.26. The zero-order valence-electron chi connectivity index (χ0n) is 25.9. The fourth-order valence-corrected chi connectivity index (χ4v) is 6.73. The minimum absolute atomic E-state index is 0.00610. The van der Waals surface area contributed by atoms with Crippen molar-refractivity contribution in [3.8, 4) is 5.69 Å². The lowest BCUT2D eigenvalue weighted by molar-refractivity contribution is -0.139. The molecule has 2 fully saturated rings. The molecule has 0 saturated carbocycles. The third-order valence-electron chi connectivity index (χ3n) is 9.06. The van der Waals surface area contributed by atoms with E-state index in [1.165, 1.54) is 24.5 Å². The highest BCUT2D eigenvalue weighted by Crippen LogP contribution is 2.36. The summed E-state index contributed by atoms with van der Waals surface area (Å²) < 4.78 is 15.6. The van der Waals surface area contributed by atoms with Gasteiger partial charge in [0.25, 0.3) is 0 Å². The summed E-state index contributed by atoms with van der Waals surface area (Å²) in [6.07, 6.45) is 7.10. The average Bonchev–Trinajstić information content (AvgIpc) is 3.80. The number of aromatic nitrogens is 6. The van der Waals surface area contributed by atoms with E-state index in [1.54, 1.807) is 34.0 Å². The number of fused-ring (bicyclic) bond motifs is 1. The number of likely N-dealkylation sites (tertiary alicyclic amines) is 1. The zero-order chi connectivity index (χ0) is 32.3. The molecule has 240 valence electrons. The van der Waals surface area contributed by atoms with E-state index in [4.69, 9.17) is 0 Å². The maximum absolute atomic E-state index is 14.3. The van der Waals surface area contributed by atoms with Crippen LogP contribution in [0.3, 0.4) is 0 Å². The number of benzene rings is 3. The predicted octanol–water partition coefficient (Wildman–Crippen LogP) is 3.30. The number of carbonyl (C=O) groups is 2. The SMILES string of the molecule is Cc1ccc(-n2cnnn2)c(/C=C/C(=O)N2C[C@@H](N3CCNCC3)C[C@@H](c3ccc(F)cc3)[C@H]2C(=O)Nc2ccc3[nH]ncc3c2)c1. The van der Waals surface area contributed by atoms with Gasteiger partial charge < -0.3 is 15.5 Å². The molecule has 47 heavy (non-hydrogen) atoms. The standard InChI is InChI=1S/C34H35FN10O2/c1-22-2-10-31(45-21-38-41-42-45)24(16-22)5-11-32(46)44-20-28(43-14-12-36-13-15-43)18-29(23-3-6-26(35)7-4-23)33(44)34(47)39-27-8-9-30-25(17-27)19-37-40-30/h2-11,16-17,19,21,28-29,33,36H,12-15,18,20H2,1H3,(H,37,40)(H,39,47)/b11-5+/t28-,29-,33-/m0/s1. The number of tetrazole rings is 1. The Bertz CT molecular complexity index is 1900. The predicted molar refractivity (Wildman–Crippen MR) is 175 cm³/mol. The Morgan fingerprint density at radius 1 is 1.04 bits per heavy atom. The molecule has 0 bridgehead atoms. The first-order valence-electron chi connectivity index (χ1n) is 15.7. The van der Waals surface area contributed by atoms with Gasteiger partial charge in [0.05, 0.1) is 17.4 Å². The van der Waals surface area contributed by atoms with Crippen molar-refractivity contribution in [2.45, 2.75) is 31.3 Å². The van der Waals surface area contributed by atoms with Crippen molar-refractivity contribution in [2.24, 2.45) is 0 Å². The highest BCUT2D eigenvalue weighted by molar-refractivity contribution is 6.02. The second-order valence-electron chi connectivity index (χ2n) is 12.1. The summed E-state index contributed by atoms with van der Waals surface area (Å²) in [5.74, 6) is -1.35. The molecule has 2 aliphatic rings. The fourth-order valence-electron chi connectivity index (χ4n) is 6.73. The van der Waals surface area contributed by atoms with Gasteiger partial charge in [-0.25, -0.2) is 4.39 Å². The Labute approximate surface area is 270 Å². The minimum atomic E-state index is -0.853. The van der Waals surface area contributed by atoms with Crippen molar-refractivity contribution in [3.63, 3.8) is 0 Å². The van der Waals surface area contributed by atoms with E-state index in [-0.39, 0.29) is 29.6 Å². The van der Waals surface area contributed by atoms with Crippen molar-refractivity contribution in [2.75, 3.05) is 38.0 Å². The Morgan fingerprint density at radius 2 is 1.87 bits per heavy atom. The molecule has 2 aromatic heterocycles. The van der Waals surface area contributed by atoms with Crippen LogP contribution in [0.4, 0.5) is 10.1 Å². The summed E-state index contributed by atoms with van der Waals surface area (Å²) >= 11 is 0. The van der Waals surface area contributed by atoms with Gasteiger partial charge in [0.15, 0.2) is 0 Å². The number of piperidine rings is 1. The van der Waals surface area contributed by atoms with Crippen LogP contribution in [0, 0.1) is 12.7 Å². The Hall–Kier alpha value is -5.27. The van der Waals surface area contributed by atoms with Crippen LogP contribution in [-0.4, -0.2) is 96.8 Å². The number of carbonyl (C=O) groups excluding carboxylic acids is 2. The number of anilines is 1. The lowest BCUT2D eigenvalue weighted by Crippen LogP contribution is -2.61. The van der Waals surface area contributed by atoms with Gasteiger partial charge in [-0.05, 0) is 77.9 Å². The second-order valence-corrected chi connectivity index (χ2v) is 12.1. The van der Waals surface area contributed by atoms with E-state index in [0.717, 1.165) is 59.5 Å². The highest BCUT2D eigenvalue weighted by Gasteiger charge is 2.44. The number of aromatic amines is 1. The maximum Gasteiger partial charge on any atom is 0.247 e. The van der Waals surface area contributed by atoms with Crippen molar-refractivity contribution >= 4 is 34.5 Å². The smallest absolute Gasteiger partial charge is 0.247 e. The van der Waals surface area contributed by atoms with Crippen molar-refractivity contribution < 1.29 is 14.0 Å². The van der Waals surface area contributed by atoms with Crippen LogP contribution in [-0.2, 0) is 9.59 Å². The third kappa shape index (κ3) is 6.53. The van der Waals surface area contributed by atoms with Crippen molar-refractivity contribution in [3.05, 3.63) is 102 Å². The van der Waals surface area contributed by atoms with Crippen LogP contribution in [0.2, 0.25) is 0 Å². The largest absolute Gasteiger partial charge is 0.325 e. The monoisotopic (exact) mass is 634 g/mol. The molecule has 0 radical (unpaired) electrons. The number of H-pyrrole nitrogens is 1. The number of piperazine rings is 1. The van der Waals surface area contributed by atoms with Crippen molar-refractivity contribution in [1.29, 1.82) is 0 Å². The van der Waals surface area contributed by atoms with E-state index in [9.17, 15) is 14.0 Å². The van der Waals surface area contributed by atoms with Crippen LogP contribution in [0.5, 0.6) is 0 Å². The summed E-state index contributed by atoms with van der Waals surface area (Å²) in [4.78, 5) is 32.7. The van der Waals surface area contributed by atoms with Gasteiger partial charge in [0, 0.05) is 67.4 Å². The average molecular weight is 635 g/mol. The molecule has 2 saturated heterocycles. The number of hydrogen-bond acceptors (Lipinski definition) is 8. The van der Waals surface area contributed by atoms with Crippen LogP contribution in [0.15, 0.2) is 79.3 Å². The summed E-state index contributed by atoms with van der Waals surface area (Å²) in [5.41, 5.74) is 4.73. The summed E-state index contributed by atoms with van der Waals surface area (Å²) in [7, 11) is 0. The van der Waals surface area contributed by atoms with Crippen LogP contribution in [0.25, 0.3) is 22.7 Å². The van der Waals surface area contributed by atoms with Crippen molar-refractivity contribution in [1.82, 2.24) is 45.5 Å². The lowest BCUT2D eigenvalue weighted by atomic mass is 9.80. The first kappa shape index (κ1) is 30.4. The molecular formula is C34H35FN10O2. The van der Waals surface area contributed by atoms with Gasteiger partial charge in [0.2, 0.25) is 11.8 Å². The minimum Gasteiger partial charge on any atom is -0.325 e. The molecule has 3 N–H and O–H groups in total. The van der Waals surface area contributed by atoms with E-state index >= 15 is 0 Å². The Morgan fingerprint density at radius 3 is 2.66 bits per heavy atom. The first-order chi connectivity index (χ1) is 22.9. The number of halogens is 1. The Kier molecular flexibility index (Phi) is 8.55. The molecule has 5 aromatic rings. The molecule has 2 amide bonds. The molecule has 3 atom stereocenters. The summed E-state index contributed by atoms with van der Waals surface area (Å²) in [6.45, 7) is 5.70. The van der Waals surface area contributed by atoms with Gasteiger partial charge in [-0.1, -0.05) is 23.8 Å². The number of aryl methyl sites for hydroxylation is 1. The number of amides is 2. The van der Waals surface area contributed by atoms with Gasteiger partial charge in [0.1, 0.15) is 18.2 Å². The van der Waals surface area contributed by atoms with Crippen LogP contribution in [0.1, 0.15) is 29.0 Å². The van der Waals surface area contributed by atoms with Crippen LogP contribution >= 0.6 is 0 Å². The fraction of sp³-hybridized carbons (Fsp3) is 0.294. The number of nitrogens with zero attached hydrogens (tertiary/aromatic N) is 7.